The molecule has 36 heavy (non-hydrogen) atoms. The van der Waals surface area contributed by atoms with Crippen molar-refractivity contribution in [1.29, 1.82) is 0 Å². The summed E-state index contributed by atoms with van der Waals surface area (Å²) in [6, 6.07) is 23.9. The predicted molar refractivity (Wildman–Crippen MR) is 138 cm³/mol. The van der Waals surface area contributed by atoms with E-state index in [0.29, 0.717) is 40.0 Å². The van der Waals surface area contributed by atoms with E-state index in [1.807, 2.05) is 42.5 Å². The van der Waals surface area contributed by atoms with Gasteiger partial charge in [0, 0.05) is 19.5 Å². The average molecular weight is 480 g/mol. The molecule has 2 heterocycles. The van der Waals surface area contributed by atoms with Gasteiger partial charge >= 0.3 is 0 Å². The summed E-state index contributed by atoms with van der Waals surface area (Å²) in [6.07, 6.45) is 0.103. The fourth-order valence-corrected chi connectivity index (χ4v) is 4.33. The Morgan fingerprint density at radius 1 is 0.833 bits per heavy atom. The van der Waals surface area contributed by atoms with Gasteiger partial charge in [0.15, 0.2) is 0 Å². The van der Waals surface area contributed by atoms with Crippen molar-refractivity contribution in [1.82, 2.24) is 24.4 Å². The summed E-state index contributed by atoms with van der Waals surface area (Å²) >= 11 is 0. The first-order chi connectivity index (χ1) is 17.5. The predicted octanol–water partition coefficient (Wildman–Crippen LogP) is 3.56. The van der Waals surface area contributed by atoms with Gasteiger partial charge in [0.1, 0.15) is 11.6 Å². The number of hydrogen-bond donors (Lipinski definition) is 1. The van der Waals surface area contributed by atoms with Crippen molar-refractivity contribution >= 4 is 27.7 Å². The lowest BCUT2D eigenvalue weighted by atomic mass is 10.2. The van der Waals surface area contributed by atoms with Crippen LogP contribution in [-0.2, 0) is 24.4 Å². The molecule has 0 radical (unpaired) electrons. The van der Waals surface area contributed by atoms with Crippen LogP contribution in [-0.4, -0.2) is 30.3 Å². The third-order valence-corrected chi connectivity index (χ3v) is 6.17. The summed E-state index contributed by atoms with van der Waals surface area (Å²) in [6.45, 7) is 2.45. The Labute approximate surface area is 206 Å². The number of nitrogens with one attached hydrogen (secondary N) is 1. The second-order valence-electron chi connectivity index (χ2n) is 8.65. The van der Waals surface area contributed by atoms with E-state index >= 15 is 0 Å². The van der Waals surface area contributed by atoms with Gasteiger partial charge in [0.25, 0.3) is 11.1 Å². The number of rotatable bonds is 7. The minimum Gasteiger partial charge on any atom is -0.331 e. The maximum absolute atomic E-state index is 13.4. The third kappa shape index (κ3) is 4.79. The van der Waals surface area contributed by atoms with E-state index in [9.17, 15) is 14.4 Å². The standard InChI is InChI=1S/C28H25N5O3/c1-19-29-24-14-8-6-12-22(24)28(36)33(19)16-15-26(34)32(17-20-9-3-2-4-10-20)18-25-30-23-13-7-5-11-21(23)27(35)31-25/h2-14H,15-18H2,1H3,(H,30,31,35). The van der Waals surface area contributed by atoms with Crippen molar-refractivity contribution in [3.8, 4) is 0 Å². The van der Waals surface area contributed by atoms with E-state index < -0.39 is 0 Å². The second kappa shape index (κ2) is 9.95. The number of benzene rings is 3. The molecule has 0 atom stereocenters. The lowest BCUT2D eigenvalue weighted by Gasteiger charge is -2.23. The van der Waals surface area contributed by atoms with E-state index in [4.69, 9.17) is 0 Å². The summed E-state index contributed by atoms with van der Waals surface area (Å²) < 4.78 is 1.54. The Hall–Kier alpha value is -4.59. The molecule has 0 aliphatic heterocycles. The van der Waals surface area contributed by atoms with Crippen molar-refractivity contribution in [3.63, 3.8) is 0 Å². The summed E-state index contributed by atoms with van der Waals surface area (Å²) in [7, 11) is 0. The number of carbonyl (C=O) groups excluding carboxylic acids is 1. The minimum absolute atomic E-state index is 0.103. The van der Waals surface area contributed by atoms with Gasteiger partial charge in [0.05, 0.1) is 28.4 Å². The first-order valence-corrected chi connectivity index (χ1v) is 11.8. The number of aromatic nitrogens is 4. The van der Waals surface area contributed by atoms with Crippen LogP contribution < -0.4 is 11.1 Å². The molecule has 8 nitrogen and oxygen atoms in total. The van der Waals surface area contributed by atoms with Gasteiger partial charge in [-0.15, -0.1) is 0 Å². The number of para-hydroxylation sites is 2. The Bertz CT molecular complexity index is 1670. The third-order valence-electron chi connectivity index (χ3n) is 6.17. The molecule has 3 aromatic carbocycles. The van der Waals surface area contributed by atoms with Crippen LogP contribution in [0, 0.1) is 6.92 Å². The smallest absolute Gasteiger partial charge is 0.261 e. The average Bonchev–Trinajstić information content (AvgIpc) is 2.89. The molecule has 0 saturated carbocycles. The molecule has 1 N–H and O–H groups in total. The van der Waals surface area contributed by atoms with Gasteiger partial charge in [-0.1, -0.05) is 54.6 Å². The molecule has 0 bridgehead atoms. The highest BCUT2D eigenvalue weighted by Crippen LogP contribution is 2.13. The molecule has 8 heteroatoms. The SMILES string of the molecule is Cc1nc2ccccc2c(=O)n1CCC(=O)N(Cc1ccccc1)Cc1nc2ccccc2c(=O)[nH]1. The summed E-state index contributed by atoms with van der Waals surface area (Å²) in [4.78, 5) is 52.6. The molecule has 5 rings (SSSR count). The minimum atomic E-state index is -0.243. The molecule has 0 saturated heterocycles. The zero-order chi connectivity index (χ0) is 25.1. The van der Waals surface area contributed by atoms with Gasteiger partial charge in [-0.2, -0.15) is 0 Å². The first-order valence-electron chi connectivity index (χ1n) is 11.8. The molecule has 1 amide bonds. The lowest BCUT2D eigenvalue weighted by molar-refractivity contribution is -0.132. The molecule has 2 aromatic heterocycles. The summed E-state index contributed by atoms with van der Waals surface area (Å²) in [5.74, 6) is 0.805. The fraction of sp³-hybridized carbons (Fsp3) is 0.179. The van der Waals surface area contributed by atoms with Crippen molar-refractivity contribution < 1.29 is 4.79 Å². The van der Waals surface area contributed by atoms with Crippen molar-refractivity contribution in [2.45, 2.75) is 33.0 Å². The lowest BCUT2D eigenvalue weighted by Crippen LogP contribution is -2.33. The monoisotopic (exact) mass is 479 g/mol. The molecular weight excluding hydrogens is 454 g/mol. The maximum Gasteiger partial charge on any atom is 0.261 e. The van der Waals surface area contributed by atoms with Gasteiger partial charge in [-0.05, 0) is 36.8 Å². The van der Waals surface area contributed by atoms with Gasteiger partial charge in [-0.3, -0.25) is 19.0 Å². The molecule has 0 fully saturated rings. The van der Waals surface area contributed by atoms with Gasteiger partial charge in [-0.25, -0.2) is 9.97 Å². The molecule has 0 aliphatic carbocycles. The van der Waals surface area contributed by atoms with Crippen LogP contribution in [0.25, 0.3) is 21.8 Å². The normalized spacial score (nSPS) is 11.1. The number of H-pyrrole nitrogens is 1. The number of amides is 1. The Balaban J connectivity index is 1.42. The number of carbonyl (C=O) groups is 1. The molecule has 5 aromatic rings. The first kappa shape index (κ1) is 23.2. The highest BCUT2D eigenvalue weighted by molar-refractivity contribution is 5.79. The van der Waals surface area contributed by atoms with Crippen LogP contribution in [0.3, 0.4) is 0 Å². The van der Waals surface area contributed by atoms with Crippen LogP contribution in [0.15, 0.2) is 88.5 Å². The van der Waals surface area contributed by atoms with E-state index in [-0.39, 0.29) is 36.5 Å². The zero-order valence-electron chi connectivity index (χ0n) is 19.8. The quantitative estimate of drug-likeness (QED) is 0.385. The van der Waals surface area contributed by atoms with Crippen LogP contribution in [0.1, 0.15) is 23.6 Å². The Morgan fingerprint density at radius 2 is 1.47 bits per heavy atom. The van der Waals surface area contributed by atoms with Crippen LogP contribution in [0.5, 0.6) is 0 Å². The highest BCUT2D eigenvalue weighted by atomic mass is 16.2. The fourth-order valence-electron chi connectivity index (χ4n) is 4.33. The van der Waals surface area contributed by atoms with E-state index in [1.54, 1.807) is 48.2 Å². The van der Waals surface area contributed by atoms with E-state index in [1.165, 1.54) is 4.57 Å². The second-order valence-corrected chi connectivity index (χ2v) is 8.65. The van der Waals surface area contributed by atoms with E-state index in [2.05, 4.69) is 15.0 Å². The maximum atomic E-state index is 13.4. The number of aryl methyl sites for hydroxylation is 1. The Kier molecular flexibility index (Phi) is 6.40. The largest absolute Gasteiger partial charge is 0.331 e. The number of hydrogen-bond acceptors (Lipinski definition) is 5. The van der Waals surface area contributed by atoms with Gasteiger partial charge in [0.2, 0.25) is 5.91 Å². The summed E-state index contributed by atoms with van der Waals surface area (Å²) in [5, 5.41) is 1.02. The zero-order valence-corrected chi connectivity index (χ0v) is 19.8. The van der Waals surface area contributed by atoms with Crippen LogP contribution in [0.2, 0.25) is 0 Å². The molecule has 0 spiro atoms. The topological polar surface area (TPSA) is 101 Å². The highest BCUT2D eigenvalue weighted by Gasteiger charge is 2.18. The summed E-state index contributed by atoms with van der Waals surface area (Å²) in [5.41, 5.74) is 1.76. The van der Waals surface area contributed by atoms with Gasteiger partial charge < -0.3 is 9.88 Å². The number of nitrogens with zero attached hydrogens (tertiary/aromatic N) is 4. The molecule has 180 valence electrons. The van der Waals surface area contributed by atoms with Crippen molar-refractivity contribution in [2.75, 3.05) is 0 Å². The van der Waals surface area contributed by atoms with E-state index in [0.717, 1.165) is 5.56 Å². The number of fused-ring (bicyclic) bond motifs is 2. The van der Waals surface area contributed by atoms with Crippen molar-refractivity contribution in [2.24, 2.45) is 0 Å². The van der Waals surface area contributed by atoms with Crippen LogP contribution in [0.4, 0.5) is 0 Å². The van der Waals surface area contributed by atoms with Crippen molar-refractivity contribution in [3.05, 3.63) is 117 Å². The number of aromatic amines is 1. The van der Waals surface area contributed by atoms with Crippen LogP contribution >= 0.6 is 0 Å². The Morgan fingerprint density at radius 3 is 2.22 bits per heavy atom. The molecule has 0 unspecified atom stereocenters. The molecule has 0 aliphatic rings. The molecular formula is C28H25N5O3.